The van der Waals surface area contributed by atoms with Crippen molar-refractivity contribution in [2.45, 2.75) is 37.8 Å². The molecule has 0 saturated carbocycles. The summed E-state index contributed by atoms with van der Waals surface area (Å²) in [5, 5.41) is 11.2. The van der Waals surface area contributed by atoms with Crippen molar-refractivity contribution in [2.75, 3.05) is 39.8 Å². The van der Waals surface area contributed by atoms with Gasteiger partial charge in [-0.3, -0.25) is 9.59 Å². The molecule has 1 amide bonds. The van der Waals surface area contributed by atoms with Crippen LogP contribution in [0.15, 0.2) is 29.2 Å². The zero-order valence-corrected chi connectivity index (χ0v) is 20.4. The van der Waals surface area contributed by atoms with Gasteiger partial charge in [-0.15, -0.1) is 5.06 Å². The number of aldehydes is 1. The van der Waals surface area contributed by atoms with Crippen LogP contribution in [-0.4, -0.2) is 92.1 Å². The van der Waals surface area contributed by atoms with Crippen molar-refractivity contribution >= 4 is 28.2 Å². The molecule has 0 aromatic heterocycles. The highest BCUT2D eigenvalue weighted by atomic mass is 32.2. The number of rotatable bonds is 12. The van der Waals surface area contributed by atoms with Crippen molar-refractivity contribution in [3.05, 3.63) is 24.3 Å². The van der Waals surface area contributed by atoms with Crippen LogP contribution in [0, 0.1) is 5.92 Å². The minimum absolute atomic E-state index is 0.00108. The maximum atomic E-state index is 13.4. The molecule has 1 aliphatic rings. The number of carbonyl (C=O) groups excluding carboxylic acids is 3. The summed E-state index contributed by atoms with van der Waals surface area (Å²) in [5.41, 5.74) is 2.00. The van der Waals surface area contributed by atoms with Gasteiger partial charge in [0.25, 0.3) is 0 Å². The first-order valence-electron chi connectivity index (χ1n) is 10.8. The van der Waals surface area contributed by atoms with Crippen LogP contribution in [0.5, 0.6) is 5.75 Å². The van der Waals surface area contributed by atoms with E-state index < -0.39 is 28.1 Å². The van der Waals surface area contributed by atoms with Gasteiger partial charge in [0.05, 0.1) is 25.1 Å². The lowest BCUT2D eigenvalue weighted by molar-refractivity contribution is -0.195. The largest absolute Gasteiger partial charge is 0.497 e. The fourth-order valence-corrected chi connectivity index (χ4v) is 5.26. The topological polar surface area (TPSA) is 146 Å². The number of nitrogens with zero attached hydrogens (tertiary/aromatic N) is 3. The third-order valence-corrected chi connectivity index (χ3v) is 7.41. The molecule has 1 aromatic carbocycles. The van der Waals surface area contributed by atoms with Gasteiger partial charge in [-0.05, 0) is 30.2 Å². The summed E-state index contributed by atoms with van der Waals surface area (Å²) in [5.74, 6) is -0.819. The number of sulfonamides is 1. The smallest absolute Gasteiger partial charge is 0.322 e. The molecule has 1 saturated heterocycles. The van der Waals surface area contributed by atoms with Crippen LogP contribution in [0.3, 0.4) is 0 Å². The Balaban J connectivity index is 2.18. The van der Waals surface area contributed by atoms with Gasteiger partial charge in [0.2, 0.25) is 15.9 Å². The van der Waals surface area contributed by atoms with Crippen molar-refractivity contribution in [3.8, 4) is 5.75 Å². The van der Waals surface area contributed by atoms with Crippen molar-refractivity contribution in [1.82, 2.24) is 19.7 Å². The molecule has 34 heavy (non-hydrogen) atoms. The Morgan fingerprint density at radius 1 is 1.21 bits per heavy atom. The predicted octanol–water partition coefficient (Wildman–Crippen LogP) is 0.228. The molecular weight excluding hydrogens is 468 g/mol. The van der Waals surface area contributed by atoms with E-state index in [1.807, 2.05) is 5.48 Å². The first-order valence-corrected chi connectivity index (χ1v) is 12.3. The Bertz CT molecular complexity index is 933. The molecule has 12 nitrogen and oxygen atoms in total. The highest BCUT2D eigenvalue weighted by Gasteiger charge is 2.35. The molecule has 2 unspecified atom stereocenters. The highest BCUT2D eigenvalue weighted by Crippen LogP contribution is 2.24. The van der Waals surface area contributed by atoms with Crippen LogP contribution in [-0.2, 0) is 29.2 Å². The number of methoxy groups -OCH3 is 1. The molecule has 0 radical (unpaired) electrons. The number of amides is 1. The van der Waals surface area contributed by atoms with Gasteiger partial charge in [0, 0.05) is 39.4 Å². The predicted molar refractivity (Wildman–Crippen MR) is 120 cm³/mol. The summed E-state index contributed by atoms with van der Waals surface area (Å²) in [6.07, 6.45) is -0.639. The van der Waals surface area contributed by atoms with Gasteiger partial charge in [0.1, 0.15) is 18.2 Å². The van der Waals surface area contributed by atoms with E-state index in [1.165, 1.54) is 43.4 Å². The number of hydroxylamine groups is 3. The van der Waals surface area contributed by atoms with Crippen molar-refractivity contribution in [2.24, 2.45) is 5.92 Å². The number of nitrogens with one attached hydrogen (secondary N) is 1. The summed E-state index contributed by atoms with van der Waals surface area (Å²) in [7, 11) is -2.69. The normalized spacial score (nSPS) is 16.7. The lowest BCUT2D eigenvalue weighted by Crippen LogP contribution is -2.53. The molecular formula is C21H32N4O8S. The minimum Gasteiger partial charge on any atom is -0.497 e. The van der Waals surface area contributed by atoms with Gasteiger partial charge >= 0.3 is 5.97 Å². The standard InChI is InChI=1S/C21H32N4O8S/c1-16(9-15-26)21(22-29)25(34(30,31)19-6-4-18(32-3)5-7-19)10-8-20(28)23-11-13-24(14-12-23)33-17(2)27/h4-7,15-16,21-22,29H,8-14H2,1-3H3. The number of carbonyl (C=O) groups is 3. The number of piperazine rings is 1. The van der Waals surface area contributed by atoms with Crippen molar-refractivity contribution < 1.29 is 37.6 Å². The molecule has 2 rings (SSSR count). The van der Waals surface area contributed by atoms with Gasteiger partial charge in [0.15, 0.2) is 0 Å². The van der Waals surface area contributed by atoms with Crippen LogP contribution >= 0.6 is 0 Å². The zero-order chi connectivity index (χ0) is 25.3. The van der Waals surface area contributed by atoms with Gasteiger partial charge in [-0.2, -0.15) is 9.79 Å². The molecule has 190 valence electrons. The Morgan fingerprint density at radius 2 is 1.82 bits per heavy atom. The van der Waals surface area contributed by atoms with E-state index in [4.69, 9.17) is 9.57 Å². The first-order chi connectivity index (χ1) is 16.1. The monoisotopic (exact) mass is 500 g/mol. The summed E-state index contributed by atoms with van der Waals surface area (Å²) in [6, 6.07) is 5.73. The molecule has 2 atom stereocenters. The van der Waals surface area contributed by atoms with Crippen LogP contribution in [0.2, 0.25) is 0 Å². The second-order valence-electron chi connectivity index (χ2n) is 7.89. The Morgan fingerprint density at radius 3 is 2.32 bits per heavy atom. The van der Waals surface area contributed by atoms with E-state index in [9.17, 15) is 28.0 Å². The van der Waals surface area contributed by atoms with Crippen LogP contribution in [0.25, 0.3) is 0 Å². The van der Waals surface area contributed by atoms with E-state index in [0.29, 0.717) is 38.2 Å². The molecule has 0 spiro atoms. The van der Waals surface area contributed by atoms with E-state index in [1.54, 1.807) is 11.8 Å². The van der Waals surface area contributed by atoms with E-state index >= 15 is 0 Å². The molecule has 1 heterocycles. The molecule has 1 fully saturated rings. The van der Waals surface area contributed by atoms with Crippen molar-refractivity contribution in [3.63, 3.8) is 0 Å². The third-order valence-electron chi connectivity index (χ3n) is 5.51. The molecule has 1 aliphatic heterocycles. The third kappa shape index (κ3) is 7.21. The molecule has 0 bridgehead atoms. The van der Waals surface area contributed by atoms with Gasteiger partial charge in [-0.1, -0.05) is 6.92 Å². The number of ether oxygens (including phenoxy) is 1. The molecule has 13 heteroatoms. The Labute approximate surface area is 199 Å². The van der Waals surface area contributed by atoms with Crippen LogP contribution < -0.4 is 10.2 Å². The van der Waals surface area contributed by atoms with E-state index in [0.717, 1.165) is 4.31 Å². The second kappa shape index (κ2) is 12.8. The van der Waals surface area contributed by atoms with Gasteiger partial charge < -0.3 is 24.5 Å². The van der Waals surface area contributed by atoms with E-state index in [2.05, 4.69) is 0 Å². The summed E-state index contributed by atoms with van der Waals surface area (Å²) in [6.45, 7) is 4.02. The maximum absolute atomic E-state index is 13.4. The average Bonchev–Trinajstić information content (AvgIpc) is 2.81. The quantitative estimate of drug-likeness (QED) is 0.232. The lowest BCUT2D eigenvalue weighted by atomic mass is 10.1. The summed E-state index contributed by atoms with van der Waals surface area (Å²) >= 11 is 0. The molecule has 0 aliphatic carbocycles. The van der Waals surface area contributed by atoms with E-state index in [-0.39, 0.29) is 30.2 Å². The summed E-state index contributed by atoms with van der Waals surface area (Å²) < 4.78 is 33.0. The number of hydrogen-bond donors (Lipinski definition) is 2. The minimum atomic E-state index is -4.15. The Hall–Kier alpha value is -2.58. The van der Waals surface area contributed by atoms with Gasteiger partial charge in [-0.25, -0.2) is 8.42 Å². The SMILES string of the molecule is COc1ccc(S(=O)(=O)N(CCC(=O)N2CCN(OC(C)=O)CC2)C(NO)C(C)CC=O)cc1. The zero-order valence-electron chi connectivity index (χ0n) is 19.5. The van der Waals surface area contributed by atoms with Crippen LogP contribution in [0.1, 0.15) is 26.7 Å². The Kier molecular flexibility index (Phi) is 10.4. The fourth-order valence-electron chi connectivity index (χ4n) is 3.62. The highest BCUT2D eigenvalue weighted by molar-refractivity contribution is 7.89. The lowest BCUT2D eigenvalue weighted by Gasteiger charge is -2.35. The number of benzene rings is 1. The fraction of sp³-hybridized carbons (Fsp3) is 0.571. The first kappa shape index (κ1) is 27.7. The average molecular weight is 501 g/mol. The van der Waals surface area contributed by atoms with Crippen LogP contribution in [0.4, 0.5) is 0 Å². The maximum Gasteiger partial charge on any atom is 0.322 e. The summed E-state index contributed by atoms with van der Waals surface area (Å²) in [4.78, 5) is 41.5. The van der Waals surface area contributed by atoms with Crippen molar-refractivity contribution in [1.29, 1.82) is 0 Å². The molecule has 2 N–H and O–H groups in total. The second-order valence-corrected chi connectivity index (χ2v) is 9.78. The number of hydrogen-bond acceptors (Lipinski definition) is 10. The molecule has 1 aromatic rings.